The Balaban J connectivity index is 2.27. The smallest absolute Gasteiger partial charge is 0.356 e. The number of rotatable bonds is 18. The SMILES string of the molecule is CCC(C)[C@H](NC(=O)[C@H](CCC(=O)O)NC(=O)CCC1NC(=O)[C@H](CCC(=O)O)NC(=O)C(Cc2ccc(P(=O)(O)O)cc2)NC1=O)C(=O)O. The second-order valence-electron chi connectivity index (χ2n) is 11.8. The molecule has 1 aliphatic rings. The van der Waals surface area contributed by atoms with Crippen molar-refractivity contribution < 1.29 is 68.0 Å². The van der Waals surface area contributed by atoms with Crippen LogP contribution in [0.5, 0.6) is 0 Å². The highest BCUT2D eigenvalue weighted by Crippen LogP contribution is 2.32. The summed E-state index contributed by atoms with van der Waals surface area (Å²) in [5.74, 6) is -8.86. The number of benzene rings is 1. The van der Waals surface area contributed by atoms with Crippen LogP contribution < -0.4 is 31.9 Å². The lowest BCUT2D eigenvalue weighted by molar-refractivity contribution is -0.144. The molecule has 19 nitrogen and oxygen atoms in total. The van der Waals surface area contributed by atoms with Crippen LogP contribution >= 0.6 is 7.60 Å². The van der Waals surface area contributed by atoms with E-state index in [1.807, 2.05) is 0 Å². The summed E-state index contributed by atoms with van der Waals surface area (Å²) < 4.78 is 11.5. The minimum Gasteiger partial charge on any atom is -0.481 e. The van der Waals surface area contributed by atoms with E-state index in [0.717, 1.165) is 12.1 Å². The van der Waals surface area contributed by atoms with Crippen molar-refractivity contribution in [3.63, 3.8) is 0 Å². The number of carbonyl (C=O) groups is 8. The normalized spacial score (nSPS) is 19.9. The van der Waals surface area contributed by atoms with Gasteiger partial charge in [-0.05, 0) is 42.9 Å². The number of carbonyl (C=O) groups excluding carboxylic acids is 5. The van der Waals surface area contributed by atoms with Crippen molar-refractivity contribution in [1.29, 1.82) is 0 Å². The van der Waals surface area contributed by atoms with Crippen molar-refractivity contribution in [2.24, 2.45) is 5.92 Å². The minimum atomic E-state index is -4.56. The molecule has 1 aromatic rings. The van der Waals surface area contributed by atoms with E-state index in [0.29, 0.717) is 12.0 Å². The van der Waals surface area contributed by atoms with E-state index < -0.39 is 123 Å². The topological polar surface area (TPSA) is 315 Å². The van der Waals surface area contributed by atoms with Crippen LogP contribution in [0.4, 0.5) is 0 Å². The second-order valence-corrected chi connectivity index (χ2v) is 13.4. The summed E-state index contributed by atoms with van der Waals surface area (Å²) in [6, 6.07) is -2.06. The molecule has 1 heterocycles. The average molecular weight is 728 g/mol. The van der Waals surface area contributed by atoms with Crippen molar-refractivity contribution in [3.05, 3.63) is 29.8 Å². The van der Waals surface area contributed by atoms with Crippen molar-refractivity contribution in [2.75, 3.05) is 0 Å². The number of amides is 5. The van der Waals surface area contributed by atoms with E-state index in [1.165, 1.54) is 12.1 Å². The van der Waals surface area contributed by atoms with E-state index >= 15 is 0 Å². The third kappa shape index (κ3) is 13.2. The fraction of sp³-hybridized carbons (Fsp3) is 0.533. The fourth-order valence-electron chi connectivity index (χ4n) is 4.91. The Labute approximate surface area is 286 Å². The fourth-order valence-corrected chi connectivity index (χ4v) is 5.45. The maximum Gasteiger partial charge on any atom is 0.356 e. The zero-order valence-corrected chi connectivity index (χ0v) is 28.2. The Kier molecular flexibility index (Phi) is 15.5. The Morgan fingerprint density at radius 1 is 0.780 bits per heavy atom. The number of hydrogen-bond acceptors (Lipinski definition) is 9. The molecule has 3 unspecified atom stereocenters. The average Bonchev–Trinajstić information content (AvgIpc) is 3.07. The minimum absolute atomic E-state index is 0.208. The molecule has 2 rings (SSSR count). The van der Waals surface area contributed by atoms with Crippen LogP contribution in [0.3, 0.4) is 0 Å². The van der Waals surface area contributed by atoms with Gasteiger partial charge in [-0.15, -0.1) is 0 Å². The molecule has 0 bridgehead atoms. The third-order valence-corrected chi connectivity index (χ3v) is 8.96. The predicted octanol–water partition coefficient (Wildman–Crippen LogP) is -1.89. The summed E-state index contributed by atoms with van der Waals surface area (Å²) in [5, 5.41) is 39.4. The summed E-state index contributed by atoms with van der Waals surface area (Å²) in [6.07, 6.45) is -2.56. The monoisotopic (exact) mass is 727 g/mol. The standard InChI is InChI=1S/C30H42N5O14P/c1-3-15(2)25(30(45)46)35-28(43)18(9-12-23(37)38)31-22(36)11-8-19-27(42)34-21(14-16-4-6-17(7-5-16)50(47,48)49)29(44)33-20(26(41)32-19)10-13-24(39)40/h4-7,15,18-21,25H,3,8-14H2,1-2H3,(H,31,36)(H,32,41)(H,33,44)(H,34,42)(H,35,43)(H,37,38)(H,39,40)(H,45,46)(H2,47,48,49)/t15?,18-,19?,20-,21?,25-/m0/s1. The molecular weight excluding hydrogens is 685 g/mol. The maximum atomic E-state index is 13.3. The highest BCUT2D eigenvalue weighted by atomic mass is 31.2. The summed E-state index contributed by atoms with van der Waals surface area (Å²) in [6.45, 7) is 3.29. The molecule has 1 fully saturated rings. The molecule has 0 aromatic heterocycles. The van der Waals surface area contributed by atoms with Crippen LogP contribution in [0.1, 0.15) is 64.4 Å². The predicted molar refractivity (Wildman–Crippen MR) is 172 cm³/mol. The van der Waals surface area contributed by atoms with E-state index in [4.69, 9.17) is 10.2 Å². The largest absolute Gasteiger partial charge is 0.481 e. The quantitative estimate of drug-likeness (QED) is 0.0740. The van der Waals surface area contributed by atoms with Gasteiger partial charge in [-0.2, -0.15) is 0 Å². The zero-order chi connectivity index (χ0) is 37.8. The second kappa shape index (κ2) is 18.8. The number of carboxylic acids is 3. The molecule has 10 N–H and O–H groups in total. The number of carboxylic acid groups (broad SMARTS) is 3. The van der Waals surface area contributed by atoms with Crippen LogP contribution in [-0.2, 0) is 49.3 Å². The van der Waals surface area contributed by atoms with E-state index in [9.17, 15) is 57.8 Å². The van der Waals surface area contributed by atoms with Gasteiger partial charge < -0.3 is 51.7 Å². The summed E-state index contributed by atoms with van der Waals surface area (Å²) in [4.78, 5) is 118. The molecule has 1 aromatic carbocycles. The molecule has 0 spiro atoms. The maximum absolute atomic E-state index is 13.3. The molecule has 6 atom stereocenters. The van der Waals surface area contributed by atoms with Gasteiger partial charge in [0, 0.05) is 25.7 Å². The van der Waals surface area contributed by atoms with Gasteiger partial charge >= 0.3 is 25.5 Å². The molecule has 5 amide bonds. The van der Waals surface area contributed by atoms with Crippen molar-refractivity contribution in [3.8, 4) is 0 Å². The lowest BCUT2D eigenvalue weighted by Gasteiger charge is -2.24. The highest BCUT2D eigenvalue weighted by Gasteiger charge is 2.35. The van der Waals surface area contributed by atoms with Gasteiger partial charge in [-0.1, -0.05) is 32.4 Å². The lowest BCUT2D eigenvalue weighted by atomic mass is 9.98. The van der Waals surface area contributed by atoms with Gasteiger partial charge in [-0.25, -0.2) is 4.79 Å². The van der Waals surface area contributed by atoms with Crippen molar-refractivity contribution in [1.82, 2.24) is 26.6 Å². The van der Waals surface area contributed by atoms with E-state index in [-0.39, 0.29) is 18.1 Å². The van der Waals surface area contributed by atoms with Gasteiger partial charge in [0.05, 0.1) is 5.30 Å². The summed E-state index contributed by atoms with van der Waals surface area (Å²) >= 11 is 0. The lowest BCUT2D eigenvalue weighted by Crippen LogP contribution is -2.54. The number of aliphatic carboxylic acids is 3. The van der Waals surface area contributed by atoms with Crippen molar-refractivity contribution in [2.45, 2.75) is 95.4 Å². The zero-order valence-electron chi connectivity index (χ0n) is 27.3. The van der Waals surface area contributed by atoms with Gasteiger partial charge in [0.1, 0.15) is 30.2 Å². The third-order valence-electron chi connectivity index (χ3n) is 7.99. The van der Waals surface area contributed by atoms with Gasteiger partial charge in [-0.3, -0.25) is 38.1 Å². The summed E-state index contributed by atoms with van der Waals surface area (Å²) in [7, 11) is -4.56. The molecule has 0 saturated carbocycles. The van der Waals surface area contributed by atoms with Crippen LogP contribution in [0.2, 0.25) is 0 Å². The van der Waals surface area contributed by atoms with Gasteiger partial charge in [0.25, 0.3) is 0 Å². The number of hydrogen-bond donors (Lipinski definition) is 10. The number of nitrogens with one attached hydrogen (secondary N) is 5. The Bertz CT molecular complexity index is 1500. The van der Waals surface area contributed by atoms with Crippen LogP contribution in [0.25, 0.3) is 0 Å². The first-order valence-corrected chi connectivity index (χ1v) is 17.3. The van der Waals surface area contributed by atoms with E-state index in [1.54, 1.807) is 13.8 Å². The van der Waals surface area contributed by atoms with Crippen LogP contribution in [-0.4, -0.2) is 103 Å². The molecule has 0 aliphatic carbocycles. The molecule has 50 heavy (non-hydrogen) atoms. The molecule has 20 heteroatoms. The first-order chi connectivity index (χ1) is 23.3. The highest BCUT2D eigenvalue weighted by molar-refractivity contribution is 7.60. The Morgan fingerprint density at radius 3 is 1.76 bits per heavy atom. The molecule has 1 aliphatic heterocycles. The van der Waals surface area contributed by atoms with E-state index in [2.05, 4.69) is 26.6 Å². The summed E-state index contributed by atoms with van der Waals surface area (Å²) in [5.41, 5.74) is 0.364. The molecular formula is C30H42N5O14P. The van der Waals surface area contributed by atoms with Crippen LogP contribution in [0.15, 0.2) is 24.3 Å². The molecule has 276 valence electrons. The Hall–Kier alpha value is -4.87. The first-order valence-electron chi connectivity index (χ1n) is 15.6. The Morgan fingerprint density at radius 2 is 1.28 bits per heavy atom. The molecule has 1 saturated heterocycles. The van der Waals surface area contributed by atoms with Gasteiger partial charge in [0.2, 0.25) is 29.5 Å². The van der Waals surface area contributed by atoms with Crippen LogP contribution in [0, 0.1) is 5.92 Å². The molecule has 0 radical (unpaired) electrons. The first kappa shape index (κ1) is 41.3. The van der Waals surface area contributed by atoms with Crippen molar-refractivity contribution >= 4 is 60.3 Å². The van der Waals surface area contributed by atoms with Gasteiger partial charge in [0.15, 0.2) is 0 Å².